The van der Waals surface area contributed by atoms with E-state index < -0.39 is 86.8 Å². The van der Waals surface area contributed by atoms with E-state index in [4.69, 9.17) is 18.9 Å². The molecule has 12 atom stereocenters. The zero-order valence-electron chi connectivity index (χ0n) is 46.8. The van der Waals surface area contributed by atoms with Crippen molar-refractivity contribution in [3.8, 4) is 0 Å². The molecule has 12 unspecified atom stereocenters. The van der Waals surface area contributed by atoms with E-state index in [1.165, 1.54) is 148 Å². The third-order valence-electron chi connectivity index (χ3n) is 14.4. The Hall–Kier alpha value is -2.31. The summed E-state index contributed by atoms with van der Waals surface area (Å²) in [5.74, 6) is -0.253. The normalized spacial score (nSPS) is 25.5. The summed E-state index contributed by atoms with van der Waals surface area (Å²) in [5, 5.41) is 87.0. The number of allylic oxidation sites excluding steroid dienone is 9. The number of hydrogen-bond donors (Lipinski definition) is 9. The average molecular weight is 1060 g/mol. The maximum atomic E-state index is 13.2. The molecule has 14 heteroatoms. The van der Waals surface area contributed by atoms with Gasteiger partial charge in [-0.1, -0.05) is 209 Å². The summed E-state index contributed by atoms with van der Waals surface area (Å²) >= 11 is 0. The quantitative estimate of drug-likeness (QED) is 0.0204. The first kappa shape index (κ1) is 68.8. The van der Waals surface area contributed by atoms with Crippen LogP contribution in [-0.4, -0.2) is 140 Å². The molecule has 2 saturated heterocycles. The minimum Gasteiger partial charge on any atom is -0.394 e. The van der Waals surface area contributed by atoms with Crippen molar-refractivity contribution in [2.24, 2.45) is 0 Å². The van der Waals surface area contributed by atoms with Gasteiger partial charge in [-0.3, -0.25) is 4.79 Å². The Morgan fingerprint density at radius 1 is 0.480 bits per heavy atom. The maximum absolute atomic E-state index is 13.2. The van der Waals surface area contributed by atoms with Crippen molar-refractivity contribution in [1.29, 1.82) is 0 Å². The molecule has 0 radical (unpaired) electrons. The summed E-state index contributed by atoms with van der Waals surface area (Å²) in [6.07, 6.45) is 42.6. The van der Waals surface area contributed by atoms with Gasteiger partial charge in [-0.25, -0.2) is 0 Å². The molecule has 2 rings (SSSR count). The minimum absolute atomic E-state index is 0.253. The Labute approximate surface area is 454 Å². The molecule has 0 saturated carbocycles. The Morgan fingerprint density at radius 3 is 1.40 bits per heavy atom. The molecule has 14 nitrogen and oxygen atoms in total. The number of amides is 1. The highest BCUT2D eigenvalue weighted by Crippen LogP contribution is 2.30. The summed E-state index contributed by atoms with van der Waals surface area (Å²) in [6, 6.07) is -0.934. The number of carbonyl (C=O) groups excluding carboxylic acids is 1. The van der Waals surface area contributed by atoms with Gasteiger partial charge in [0.2, 0.25) is 5.91 Å². The smallest absolute Gasteiger partial charge is 0.220 e. The lowest BCUT2D eigenvalue weighted by atomic mass is 9.97. The van der Waals surface area contributed by atoms with E-state index in [0.29, 0.717) is 12.8 Å². The predicted octanol–water partition coefficient (Wildman–Crippen LogP) is 10.2. The first-order valence-corrected chi connectivity index (χ1v) is 30.0. The van der Waals surface area contributed by atoms with E-state index in [1.807, 2.05) is 6.08 Å². The SMILES string of the molecule is CCCCCCC/C=C\C/C=C\C/C=C\CCCCCCCCCCCCCCC(=O)NC(COC1OC(CO)C(OC2OC(CO)C(O)C(O)C2O)C(O)C1O)C(O)/C=C/CC/C=C/CCCCCCCCCC. The highest BCUT2D eigenvalue weighted by Gasteiger charge is 2.51. The van der Waals surface area contributed by atoms with Crippen molar-refractivity contribution in [1.82, 2.24) is 5.32 Å². The number of hydrogen-bond acceptors (Lipinski definition) is 13. The van der Waals surface area contributed by atoms with Crippen LogP contribution in [0.15, 0.2) is 60.8 Å². The molecule has 2 aliphatic heterocycles. The van der Waals surface area contributed by atoms with E-state index in [2.05, 4.69) is 67.8 Å². The van der Waals surface area contributed by atoms with E-state index >= 15 is 0 Å². The van der Waals surface area contributed by atoms with E-state index in [0.717, 1.165) is 44.9 Å². The minimum atomic E-state index is -1.79. The lowest BCUT2D eigenvalue weighted by Gasteiger charge is -2.46. The lowest BCUT2D eigenvalue weighted by Crippen LogP contribution is -2.65. The number of rotatable bonds is 47. The molecule has 0 aromatic heterocycles. The molecule has 9 N–H and O–H groups in total. The first-order chi connectivity index (χ1) is 36.6. The second-order valence-corrected chi connectivity index (χ2v) is 21.1. The summed E-state index contributed by atoms with van der Waals surface area (Å²) < 4.78 is 22.7. The third-order valence-corrected chi connectivity index (χ3v) is 14.4. The molecule has 2 aliphatic rings. The molecule has 436 valence electrons. The number of aliphatic hydroxyl groups excluding tert-OH is 8. The van der Waals surface area contributed by atoms with E-state index in [1.54, 1.807) is 6.08 Å². The molecule has 75 heavy (non-hydrogen) atoms. The molecule has 0 aromatic carbocycles. The predicted molar refractivity (Wildman–Crippen MR) is 300 cm³/mol. The van der Waals surface area contributed by atoms with Crippen LogP contribution < -0.4 is 5.32 Å². The van der Waals surface area contributed by atoms with Gasteiger partial charge >= 0.3 is 0 Å². The van der Waals surface area contributed by atoms with Crippen LogP contribution in [0.2, 0.25) is 0 Å². The molecule has 2 fully saturated rings. The molecular formula is C61H109NO13. The van der Waals surface area contributed by atoms with Crippen LogP contribution in [0.5, 0.6) is 0 Å². The van der Waals surface area contributed by atoms with Crippen molar-refractivity contribution in [3.63, 3.8) is 0 Å². The van der Waals surface area contributed by atoms with Crippen LogP contribution in [0.25, 0.3) is 0 Å². The summed E-state index contributed by atoms with van der Waals surface area (Å²) in [5.41, 5.74) is 0. The van der Waals surface area contributed by atoms with Crippen molar-refractivity contribution >= 4 is 5.91 Å². The van der Waals surface area contributed by atoms with Gasteiger partial charge in [0, 0.05) is 6.42 Å². The molecule has 1 amide bonds. The van der Waals surface area contributed by atoms with Gasteiger partial charge in [0.1, 0.15) is 48.8 Å². The van der Waals surface area contributed by atoms with Crippen molar-refractivity contribution in [3.05, 3.63) is 60.8 Å². The second kappa shape index (κ2) is 46.6. The van der Waals surface area contributed by atoms with Gasteiger partial charge in [-0.2, -0.15) is 0 Å². The standard InChI is InChI=1S/C61H109NO13/c1-3-5-7-9-11-13-15-17-19-20-21-22-23-24-25-26-27-28-29-30-31-33-35-37-39-41-43-45-53(66)62-49(50(65)44-42-40-38-36-34-32-18-16-14-12-10-8-6-4-2)48-72-60-58(71)56(69)59(52(47-64)74-60)75-61-57(70)55(68)54(67)51(46-63)73-61/h15,17,20-21,23-24,34,36,42,44,49-52,54-61,63-65,67-71H,3-14,16,18-19,22,25-33,35,37-41,43,45-48H2,1-2H3,(H,62,66)/b17-15-,21-20-,24-23-,36-34+,44-42+. The van der Waals surface area contributed by atoms with Crippen LogP contribution in [-0.2, 0) is 23.7 Å². The number of carbonyl (C=O) groups is 1. The molecule has 0 bridgehead atoms. The third kappa shape index (κ3) is 32.4. The average Bonchev–Trinajstić information content (AvgIpc) is 3.41. The highest BCUT2D eigenvalue weighted by molar-refractivity contribution is 5.76. The Morgan fingerprint density at radius 2 is 0.893 bits per heavy atom. The number of unbranched alkanes of at least 4 members (excludes halogenated alkanes) is 26. The first-order valence-electron chi connectivity index (χ1n) is 30.0. The Bertz CT molecular complexity index is 1490. The number of ether oxygens (including phenoxy) is 4. The fraction of sp³-hybridized carbons (Fsp3) is 0.820. The van der Waals surface area contributed by atoms with Gasteiger partial charge in [0.15, 0.2) is 12.6 Å². The zero-order chi connectivity index (χ0) is 54.6. The van der Waals surface area contributed by atoms with Gasteiger partial charge in [-0.05, 0) is 70.6 Å². The largest absolute Gasteiger partial charge is 0.394 e. The fourth-order valence-electron chi connectivity index (χ4n) is 9.55. The van der Waals surface area contributed by atoms with Crippen LogP contribution in [0.4, 0.5) is 0 Å². The fourth-order valence-corrected chi connectivity index (χ4v) is 9.55. The maximum Gasteiger partial charge on any atom is 0.220 e. The number of nitrogens with one attached hydrogen (secondary N) is 1. The van der Waals surface area contributed by atoms with Gasteiger partial charge in [0.25, 0.3) is 0 Å². The van der Waals surface area contributed by atoms with Crippen LogP contribution in [0.3, 0.4) is 0 Å². The van der Waals surface area contributed by atoms with E-state index in [9.17, 15) is 45.6 Å². The second-order valence-electron chi connectivity index (χ2n) is 21.1. The molecular weight excluding hydrogens is 955 g/mol. The van der Waals surface area contributed by atoms with Crippen LogP contribution in [0.1, 0.15) is 226 Å². The monoisotopic (exact) mass is 1060 g/mol. The van der Waals surface area contributed by atoms with Crippen LogP contribution in [0, 0.1) is 0 Å². The summed E-state index contributed by atoms with van der Waals surface area (Å²) in [7, 11) is 0. The topological polar surface area (TPSA) is 228 Å². The zero-order valence-corrected chi connectivity index (χ0v) is 46.8. The highest BCUT2D eigenvalue weighted by atomic mass is 16.7. The number of aliphatic hydroxyl groups is 8. The van der Waals surface area contributed by atoms with Crippen LogP contribution >= 0.6 is 0 Å². The van der Waals surface area contributed by atoms with Gasteiger partial charge in [0.05, 0.1) is 32.0 Å². The Kier molecular flexibility index (Phi) is 42.7. The van der Waals surface area contributed by atoms with Crippen molar-refractivity contribution in [2.75, 3.05) is 19.8 Å². The molecule has 2 heterocycles. The van der Waals surface area contributed by atoms with Gasteiger partial charge < -0.3 is 65.1 Å². The summed E-state index contributed by atoms with van der Waals surface area (Å²) in [6.45, 7) is 2.76. The summed E-state index contributed by atoms with van der Waals surface area (Å²) in [4.78, 5) is 13.2. The lowest BCUT2D eigenvalue weighted by molar-refractivity contribution is -0.359. The molecule has 0 aromatic rings. The van der Waals surface area contributed by atoms with Crippen molar-refractivity contribution < 1.29 is 64.6 Å². The molecule has 0 spiro atoms. The van der Waals surface area contributed by atoms with Gasteiger partial charge in [-0.15, -0.1) is 0 Å². The van der Waals surface area contributed by atoms with Crippen molar-refractivity contribution in [2.45, 2.75) is 299 Å². The molecule has 0 aliphatic carbocycles. The van der Waals surface area contributed by atoms with E-state index in [-0.39, 0.29) is 18.9 Å². The Balaban J connectivity index is 1.73.